The van der Waals surface area contributed by atoms with Gasteiger partial charge in [0.1, 0.15) is 23.1 Å². The van der Waals surface area contributed by atoms with Crippen LogP contribution in [-0.2, 0) is 0 Å². The van der Waals surface area contributed by atoms with E-state index in [1.807, 2.05) is 0 Å². The van der Waals surface area contributed by atoms with E-state index >= 15 is 0 Å². The van der Waals surface area contributed by atoms with Gasteiger partial charge in [0.2, 0.25) is 0 Å². The van der Waals surface area contributed by atoms with E-state index in [2.05, 4.69) is 10.9 Å². The van der Waals surface area contributed by atoms with Gasteiger partial charge in [-0.3, -0.25) is 4.79 Å². The number of pyridine rings is 1. The molecule has 0 atom stereocenters. The highest BCUT2D eigenvalue weighted by molar-refractivity contribution is 5.92. The fourth-order valence-corrected chi connectivity index (χ4v) is 1.74. The predicted octanol–water partition coefficient (Wildman–Crippen LogP) is 2.12. The minimum Gasteiger partial charge on any atom is -0.497 e. The maximum Gasteiger partial charge on any atom is 0.267 e. The standard InChI is InChI=1S/C15H10F2N2O2/c1-3-8-4-10(12(17)7-11(8)16)13-5-9(21-2)6-14(19-13)15(18)20/h1,4-7H,2H3,(H2,18,20). The molecule has 0 saturated heterocycles. The van der Waals surface area contributed by atoms with Crippen LogP contribution < -0.4 is 10.5 Å². The number of aromatic nitrogens is 1. The second-order valence-corrected chi connectivity index (χ2v) is 4.10. The summed E-state index contributed by atoms with van der Waals surface area (Å²) in [5, 5.41) is 0. The first kappa shape index (κ1) is 14.5. The van der Waals surface area contributed by atoms with Crippen molar-refractivity contribution in [2.24, 2.45) is 5.73 Å². The van der Waals surface area contributed by atoms with Crippen LogP contribution in [0.25, 0.3) is 11.3 Å². The van der Waals surface area contributed by atoms with Crippen molar-refractivity contribution in [2.45, 2.75) is 0 Å². The first-order valence-corrected chi connectivity index (χ1v) is 5.78. The molecule has 1 amide bonds. The Morgan fingerprint density at radius 3 is 2.57 bits per heavy atom. The van der Waals surface area contributed by atoms with Crippen LogP contribution in [-0.4, -0.2) is 18.0 Å². The third-order valence-corrected chi connectivity index (χ3v) is 2.78. The quantitative estimate of drug-likeness (QED) is 0.880. The largest absolute Gasteiger partial charge is 0.497 e. The normalized spacial score (nSPS) is 10.0. The fourth-order valence-electron chi connectivity index (χ4n) is 1.74. The maximum atomic E-state index is 13.9. The number of hydrogen-bond donors (Lipinski definition) is 1. The monoisotopic (exact) mass is 288 g/mol. The van der Waals surface area contributed by atoms with Crippen molar-refractivity contribution < 1.29 is 18.3 Å². The van der Waals surface area contributed by atoms with E-state index in [9.17, 15) is 13.6 Å². The van der Waals surface area contributed by atoms with E-state index in [0.29, 0.717) is 6.07 Å². The van der Waals surface area contributed by atoms with Crippen molar-refractivity contribution in [1.29, 1.82) is 0 Å². The lowest BCUT2D eigenvalue weighted by atomic mass is 10.1. The van der Waals surface area contributed by atoms with Crippen molar-refractivity contribution in [2.75, 3.05) is 7.11 Å². The molecule has 0 unspecified atom stereocenters. The molecule has 0 bridgehead atoms. The highest BCUT2D eigenvalue weighted by Crippen LogP contribution is 2.27. The summed E-state index contributed by atoms with van der Waals surface area (Å²) in [6.07, 6.45) is 5.15. The average molecular weight is 288 g/mol. The van der Waals surface area contributed by atoms with Crippen LogP contribution in [0.15, 0.2) is 24.3 Å². The topological polar surface area (TPSA) is 65.2 Å². The number of amides is 1. The lowest BCUT2D eigenvalue weighted by Crippen LogP contribution is -2.13. The van der Waals surface area contributed by atoms with Gasteiger partial charge < -0.3 is 10.5 Å². The van der Waals surface area contributed by atoms with Gasteiger partial charge in [-0.1, -0.05) is 5.92 Å². The predicted molar refractivity (Wildman–Crippen MR) is 72.6 cm³/mol. The first-order valence-electron chi connectivity index (χ1n) is 5.78. The smallest absolute Gasteiger partial charge is 0.267 e. The first-order chi connectivity index (χ1) is 9.96. The zero-order chi connectivity index (χ0) is 15.6. The molecule has 1 heterocycles. The summed E-state index contributed by atoms with van der Waals surface area (Å²) in [5.41, 5.74) is 4.96. The number of nitrogens with zero attached hydrogens (tertiary/aromatic N) is 1. The molecule has 106 valence electrons. The van der Waals surface area contributed by atoms with Gasteiger partial charge in [0.25, 0.3) is 5.91 Å². The molecule has 2 aromatic rings. The van der Waals surface area contributed by atoms with E-state index in [1.165, 1.54) is 19.2 Å². The minimum atomic E-state index is -0.859. The van der Waals surface area contributed by atoms with Gasteiger partial charge in [0.05, 0.1) is 18.4 Å². The molecular weight excluding hydrogens is 278 g/mol. The number of hydrogen-bond acceptors (Lipinski definition) is 3. The molecule has 2 N–H and O–H groups in total. The Labute approximate surface area is 119 Å². The SMILES string of the molecule is C#Cc1cc(-c2cc(OC)cc(C(N)=O)n2)c(F)cc1F. The number of carbonyl (C=O) groups excluding carboxylic acids is 1. The number of rotatable bonds is 3. The van der Waals surface area contributed by atoms with Crippen LogP contribution in [0.1, 0.15) is 16.1 Å². The highest BCUT2D eigenvalue weighted by Gasteiger charge is 2.15. The lowest BCUT2D eigenvalue weighted by molar-refractivity contribution is 0.0995. The second-order valence-electron chi connectivity index (χ2n) is 4.10. The maximum absolute atomic E-state index is 13.9. The third kappa shape index (κ3) is 2.82. The van der Waals surface area contributed by atoms with Crippen LogP contribution in [0.5, 0.6) is 5.75 Å². The Hall–Kier alpha value is -2.94. The molecule has 0 fully saturated rings. The van der Waals surface area contributed by atoms with Crippen molar-refractivity contribution in [1.82, 2.24) is 4.98 Å². The molecule has 0 aliphatic carbocycles. The molecule has 0 radical (unpaired) electrons. The number of methoxy groups -OCH3 is 1. The van der Waals surface area contributed by atoms with Gasteiger partial charge in [0.15, 0.2) is 0 Å². The zero-order valence-electron chi connectivity index (χ0n) is 11.0. The molecule has 0 aliphatic heterocycles. The lowest BCUT2D eigenvalue weighted by Gasteiger charge is -2.08. The van der Waals surface area contributed by atoms with Gasteiger partial charge in [-0.25, -0.2) is 13.8 Å². The molecule has 6 heteroatoms. The minimum absolute atomic E-state index is 0.0502. The third-order valence-electron chi connectivity index (χ3n) is 2.78. The fraction of sp³-hybridized carbons (Fsp3) is 0.0667. The number of halogens is 2. The van der Waals surface area contributed by atoms with Gasteiger partial charge in [0, 0.05) is 23.8 Å². The number of primary amides is 1. The Kier molecular flexibility index (Phi) is 3.85. The van der Waals surface area contributed by atoms with Crippen molar-refractivity contribution in [3.8, 4) is 29.4 Å². The van der Waals surface area contributed by atoms with E-state index in [4.69, 9.17) is 16.9 Å². The highest BCUT2D eigenvalue weighted by atomic mass is 19.1. The molecule has 0 spiro atoms. The Morgan fingerprint density at radius 1 is 1.29 bits per heavy atom. The molecule has 0 aliphatic rings. The van der Waals surface area contributed by atoms with Crippen molar-refractivity contribution >= 4 is 5.91 Å². The number of carbonyl (C=O) groups is 1. The van der Waals surface area contributed by atoms with Crippen LogP contribution >= 0.6 is 0 Å². The number of nitrogens with two attached hydrogens (primary N) is 1. The molecule has 21 heavy (non-hydrogen) atoms. The number of terminal acetylenes is 1. The average Bonchev–Trinajstić information content (AvgIpc) is 2.46. The summed E-state index contributed by atoms with van der Waals surface area (Å²) in [6.45, 7) is 0. The molecule has 1 aromatic heterocycles. The van der Waals surface area contributed by atoms with Crippen molar-refractivity contribution in [3.05, 3.63) is 47.2 Å². The summed E-state index contributed by atoms with van der Waals surface area (Å²) in [6, 6.07) is 4.51. The van der Waals surface area contributed by atoms with Gasteiger partial charge in [-0.2, -0.15) is 0 Å². The summed E-state index contributed by atoms with van der Waals surface area (Å²) in [5.74, 6) is -0.135. The summed E-state index contributed by atoms with van der Waals surface area (Å²) >= 11 is 0. The van der Waals surface area contributed by atoms with Gasteiger partial charge >= 0.3 is 0 Å². The van der Waals surface area contributed by atoms with Crippen LogP contribution in [0.4, 0.5) is 8.78 Å². The summed E-state index contributed by atoms with van der Waals surface area (Å²) in [7, 11) is 1.37. The zero-order valence-corrected chi connectivity index (χ0v) is 11.0. The number of benzene rings is 1. The number of ether oxygens (including phenoxy) is 1. The Morgan fingerprint density at radius 2 is 2.00 bits per heavy atom. The van der Waals surface area contributed by atoms with Crippen LogP contribution in [0.3, 0.4) is 0 Å². The Bertz CT molecular complexity index is 767. The van der Waals surface area contributed by atoms with E-state index in [-0.39, 0.29) is 28.3 Å². The molecular formula is C15H10F2N2O2. The second kappa shape index (κ2) is 5.59. The molecule has 4 nitrogen and oxygen atoms in total. The van der Waals surface area contributed by atoms with Crippen LogP contribution in [0.2, 0.25) is 0 Å². The summed E-state index contributed by atoms with van der Waals surface area (Å²) in [4.78, 5) is 15.2. The van der Waals surface area contributed by atoms with E-state index in [0.717, 1.165) is 6.07 Å². The molecule has 1 aromatic carbocycles. The summed E-state index contributed by atoms with van der Waals surface area (Å²) < 4.78 is 32.3. The van der Waals surface area contributed by atoms with Crippen LogP contribution in [0, 0.1) is 24.0 Å². The van der Waals surface area contributed by atoms with Gasteiger partial charge in [-0.05, 0) is 6.07 Å². The molecule has 0 saturated carbocycles. The Balaban J connectivity index is 2.69. The van der Waals surface area contributed by atoms with Crippen molar-refractivity contribution in [3.63, 3.8) is 0 Å². The van der Waals surface area contributed by atoms with E-state index in [1.54, 1.807) is 0 Å². The van der Waals surface area contributed by atoms with Gasteiger partial charge in [-0.15, -0.1) is 6.42 Å². The molecule has 2 rings (SSSR count). The van der Waals surface area contributed by atoms with E-state index < -0.39 is 17.5 Å².